The Hall–Kier alpha value is -3.86. The number of allylic oxidation sites excluding steroid dienone is 3. The first-order chi connectivity index (χ1) is 21.4. The fourth-order valence-electron chi connectivity index (χ4n) is 4.34. The van der Waals surface area contributed by atoms with Crippen LogP contribution in [0.2, 0.25) is 0 Å². The first kappa shape index (κ1) is 39.2. The van der Waals surface area contributed by atoms with Crippen LogP contribution in [0.25, 0.3) is 0 Å². The van der Waals surface area contributed by atoms with Crippen molar-refractivity contribution in [2.24, 2.45) is 7.05 Å². The second kappa shape index (κ2) is 19.5. The molecular formula is C33H50ClFN6O4. The molecule has 0 fully saturated rings. The zero-order valence-electron chi connectivity index (χ0n) is 28.1. The second-order valence-electron chi connectivity index (χ2n) is 10.7. The topological polar surface area (TPSA) is 118 Å². The van der Waals surface area contributed by atoms with E-state index in [-0.39, 0.29) is 42.7 Å². The Labute approximate surface area is 272 Å². The molecule has 1 atom stereocenters. The third-order valence-electron chi connectivity index (χ3n) is 6.32. The van der Waals surface area contributed by atoms with Crippen molar-refractivity contribution < 1.29 is 23.5 Å². The maximum absolute atomic E-state index is 15.1. The Kier molecular flexibility index (Phi) is 17.0. The molecule has 10 nitrogen and oxygen atoms in total. The van der Waals surface area contributed by atoms with Gasteiger partial charge in [0.05, 0.1) is 18.8 Å². The molecule has 250 valence electrons. The van der Waals surface area contributed by atoms with E-state index in [1.165, 1.54) is 12.1 Å². The van der Waals surface area contributed by atoms with Crippen LogP contribution >= 0.6 is 11.6 Å². The summed E-state index contributed by atoms with van der Waals surface area (Å²) in [6.07, 6.45) is 8.77. The molecule has 12 heteroatoms. The third kappa shape index (κ3) is 13.0. The molecule has 1 aromatic carbocycles. The van der Waals surface area contributed by atoms with E-state index in [0.29, 0.717) is 19.3 Å². The number of nitrogens with one attached hydrogen (secondary N) is 3. The number of hydrogen-bond donors (Lipinski definition) is 3. The lowest BCUT2D eigenvalue weighted by Crippen LogP contribution is -2.39. The zero-order chi connectivity index (χ0) is 34.2. The number of nitrogens with zero attached hydrogens (tertiary/aromatic N) is 3. The molecular weight excluding hydrogens is 599 g/mol. The number of ether oxygens (including phenoxy) is 1. The fraction of sp³-hybridized carbons (Fsp3) is 0.515. The number of hydrogen-bond acceptors (Lipinski definition) is 6. The number of carbonyl (C=O) groups is 3. The number of amides is 3. The lowest BCUT2D eigenvalue weighted by Gasteiger charge is -2.31. The van der Waals surface area contributed by atoms with Crippen molar-refractivity contribution in [1.29, 1.82) is 0 Å². The van der Waals surface area contributed by atoms with E-state index in [9.17, 15) is 14.4 Å². The van der Waals surface area contributed by atoms with Gasteiger partial charge in [0, 0.05) is 48.8 Å². The SMILES string of the molecule is CC.CC.CNc1c(CN(C(=O)c2ccc(CNC(=O)CNC(=O)OC(C)(C)C)c(F)c2)C2/C=C\C/C(Cl)=C\CC2)cnn1C. The van der Waals surface area contributed by atoms with Crippen LogP contribution < -0.4 is 16.0 Å². The summed E-state index contributed by atoms with van der Waals surface area (Å²) < 4.78 is 21.9. The van der Waals surface area contributed by atoms with E-state index < -0.39 is 23.4 Å². The molecule has 0 aliphatic heterocycles. The van der Waals surface area contributed by atoms with E-state index in [4.69, 9.17) is 16.3 Å². The highest BCUT2D eigenvalue weighted by Gasteiger charge is 2.26. The zero-order valence-corrected chi connectivity index (χ0v) is 28.8. The Morgan fingerprint density at radius 1 is 1.13 bits per heavy atom. The van der Waals surface area contributed by atoms with Gasteiger partial charge in [0.1, 0.15) is 23.8 Å². The summed E-state index contributed by atoms with van der Waals surface area (Å²) in [6.45, 7) is 13.0. The van der Waals surface area contributed by atoms with Crippen molar-refractivity contribution in [3.05, 3.63) is 70.2 Å². The molecule has 45 heavy (non-hydrogen) atoms. The number of halogens is 2. The van der Waals surface area contributed by atoms with Gasteiger partial charge in [-0.3, -0.25) is 14.3 Å². The molecule has 0 radical (unpaired) electrons. The molecule has 3 N–H and O–H groups in total. The first-order valence-electron chi connectivity index (χ1n) is 15.4. The van der Waals surface area contributed by atoms with Crippen LogP contribution in [0.4, 0.5) is 15.0 Å². The summed E-state index contributed by atoms with van der Waals surface area (Å²) in [4.78, 5) is 39.4. The number of rotatable bonds is 9. The van der Waals surface area contributed by atoms with Gasteiger partial charge < -0.3 is 25.6 Å². The van der Waals surface area contributed by atoms with E-state index in [0.717, 1.165) is 16.4 Å². The van der Waals surface area contributed by atoms with Gasteiger partial charge in [0.25, 0.3) is 5.91 Å². The number of aryl methyl sites for hydroxylation is 1. The highest BCUT2D eigenvalue weighted by Crippen LogP contribution is 2.25. The minimum absolute atomic E-state index is 0.113. The van der Waals surface area contributed by atoms with Gasteiger partial charge in [0.2, 0.25) is 5.91 Å². The van der Waals surface area contributed by atoms with Crippen LogP contribution in [0.1, 0.15) is 89.2 Å². The summed E-state index contributed by atoms with van der Waals surface area (Å²) >= 11 is 6.20. The first-order valence-corrected chi connectivity index (χ1v) is 15.8. The van der Waals surface area contributed by atoms with Gasteiger partial charge in [0.15, 0.2) is 0 Å². The molecule has 1 aliphatic carbocycles. The molecule has 2 aromatic rings. The Balaban J connectivity index is 0.00000243. The monoisotopic (exact) mass is 648 g/mol. The van der Waals surface area contributed by atoms with Gasteiger partial charge in [-0.25, -0.2) is 9.18 Å². The maximum Gasteiger partial charge on any atom is 0.408 e. The van der Waals surface area contributed by atoms with Crippen LogP contribution in [0.3, 0.4) is 0 Å². The van der Waals surface area contributed by atoms with Gasteiger partial charge in [-0.05, 0) is 45.7 Å². The predicted molar refractivity (Wildman–Crippen MR) is 179 cm³/mol. The number of alkyl carbamates (subject to hydrolysis) is 1. The number of aromatic nitrogens is 2. The summed E-state index contributed by atoms with van der Waals surface area (Å²) in [5.41, 5.74) is 0.520. The van der Waals surface area contributed by atoms with Gasteiger partial charge in [-0.1, -0.05) is 63.6 Å². The average Bonchev–Trinajstić information content (AvgIpc) is 3.35. The third-order valence-corrected chi connectivity index (χ3v) is 6.63. The maximum atomic E-state index is 15.1. The van der Waals surface area contributed by atoms with Crippen molar-refractivity contribution in [2.45, 2.75) is 92.5 Å². The van der Waals surface area contributed by atoms with E-state index in [1.807, 2.05) is 53.0 Å². The highest BCUT2D eigenvalue weighted by molar-refractivity contribution is 6.29. The Morgan fingerprint density at radius 3 is 2.44 bits per heavy atom. The van der Waals surface area contributed by atoms with Gasteiger partial charge >= 0.3 is 6.09 Å². The van der Waals surface area contributed by atoms with E-state index in [1.54, 1.807) is 49.7 Å². The van der Waals surface area contributed by atoms with E-state index in [2.05, 4.69) is 21.0 Å². The van der Waals surface area contributed by atoms with Crippen molar-refractivity contribution in [3.8, 4) is 0 Å². The summed E-state index contributed by atoms with van der Waals surface area (Å²) in [5, 5.41) is 13.1. The minimum Gasteiger partial charge on any atom is -0.444 e. The number of carbonyl (C=O) groups excluding carboxylic acids is 3. The molecule has 0 saturated carbocycles. The summed E-state index contributed by atoms with van der Waals surface area (Å²) in [6, 6.07) is 3.96. The lowest BCUT2D eigenvalue weighted by atomic mass is 10.0. The molecule has 3 rings (SSSR count). The largest absolute Gasteiger partial charge is 0.444 e. The Bertz CT molecular complexity index is 1320. The quantitative estimate of drug-likeness (QED) is 0.262. The second-order valence-corrected chi connectivity index (χ2v) is 11.2. The highest BCUT2D eigenvalue weighted by atomic mass is 35.5. The molecule has 1 heterocycles. The van der Waals surface area contributed by atoms with Gasteiger partial charge in [-0.2, -0.15) is 5.10 Å². The summed E-state index contributed by atoms with van der Waals surface area (Å²) in [7, 11) is 3.60. The van der Waals surface area contributed by atoms with Crippen molar-refractivity contribution in [1.82, 2.24) is 25.3 Å². The van der Waals surface area contributed by atoms with Crippen molar-refractivity contribution >= 4 is 35.3 Å². The summed E-state index contributed by atoms with van der Waals surface area (Å²) in [5.74, 6) is -0.698. The lowest BCUT2D eigenvalue weighted by molar-refractivity contribution is -0.120. The molecule has 0 bridgehead atoms. The number of anilines is 1. The predicted octanol–water partition coefficient (Wildman–Crippen LogP) is 6.67. The van der Waals surface area contributed by atoms with Crippen LogP contribution in [-0.4, -0.2) is 57.8 Å². The molecule has 0 saturated heterocycles. The molecule has 1 aliphatic rings. The van der Waals surface area contributed by atoms with Crippen molar-refractivity contribution in [2.75, 3.05) is 18.9 Å². The fourth-order valence-corrected chi connectivity index (χ4v) is 4.54. The van der Waals surface area contributed by atoms with Crippen LogP contribution in [0.5, 0.6) is 0 Å². The Morgan fingerprint density at radius 2 is 1.82 bits per heavy atom. The minimum atomic E-state index is -0.724. The van der Waals surface area contributed by atoms with E-state index >= 15 is 4.39 Å². The molecule has 1 unspecified atom stereocenters. The normalized spacial score (nSPS) is 16.1. The molecule has 1 aromatic heterocycles. The van der Waals surface area contributed by atoms with Crippen LogP contribution in [0.15, 0.2) is 47.7 Å². The van der Waals surface area contributed by atoms with Gasteiger partial charge in [-0.15, -0.1) is 0 Å². The standard InChI is InChI=1S/C29H38ClFN6O4.2C2H6/c1-29(2,3)41-28(40)34-17-25(38)33-15-20-13-12-19(14-24(20)31)27(39)37(18-21-16-35-36(5)26(21)32-4)23-10-6-8-22(30)9-7-11-23;2*1-2/h6,9-10,12-14,16,23,32H,7-8,11,15,17-18H2,1-5H3,(H,33,38)(H,34,40);2*1-2H3/b10-6-,22-9+;;. The molecule has 0 spiro atoms. The smallest absolute Gasteiger partial charge is 0.408 e. The average molecular weight is 649 g/mol. The van der Waals surface area contributed by atoms with Crippen molar-refractivity contribution in [3.63, 3.8) is 0 Å². The van der Waals surface area contributed by atoms with Crippen LogP contribution in [0, 0.1) is 5.82 Å². The number of benzene rings is 1. The van der Waals surface area contributed by atoms with Crippen LogP contribution in [-0.2, 0) is 29.7 Å². The molecule has 3 amide bonds.